The standard InChI is InChI=1S/C18H20N2O3S/c1-3-13(2)16-6-4-5-7-17(16)19-18(21)12-24-15-10-8-14(9-11-15)20(22)23/h4-11,13H,3,12H2,1-2H3,(H,19,21)/t13-/m0/s1. The van der Waals surface area contributed by atoms with Gasteiger partial charge in [-0.25, -0.2) is 0 Å². The summed E-state index contributed by atoms with van der Waals surface area (Å²) >= 11 is 1.35. The number of non-ortho nitro benzene ring substituents is 1. The third-order valence-electron chi connectivity index (χ3n) is 3.80. The van der Waals surface area contributed by atoms with E-state index in [1.54, 1.807) is 12.1 Å². The molecule has 2 rings (SSSR count). The predicted octanol–water partition coefficient (Wildman–Crippen LogP) is 4.84. The van der Waals surface area contributed by atoms with Crippen molar-refractivity contribution in [3.63, 3.8) is 0 Å². The molecular weight excluding hydrogens is 324 g/mol. The zero-order chi connectivity index (χ0) is 17.5. The number of amides is 1. The van der Waals surface area contributed by atoms with Crippen LogP contribution in [0, 0.1) is 10.1 Å². The number of nitrogens with zero attached hydrogens (tertiary/aromatic N) is 1. The first-order valence-electron chi connectivity index (χ1n) is 7.77. The fourth-order valence-corrected chi connectivity index (χ4v) is 2.96. The Morgan fingerprint density at radius 1 is 1.21 bits per heavy atom. The number of carbonyl (C=O) groups is 1. The Kier molecular flexibility index (Phi) is 6.37. The third-order valence-corrected chi connectivity index (χ3v) is 4.81. The van der Waals surface area contributed by atoms with Crippen LogP contribution < -0.4 is 5.32 Å². The summed E-state index contributed by atoms with van der Waals surface area (Å²) < 4.78 is 0. The molecule has 0 saturated heterocycles. The van der Waals surface area contributed by atoms with Gasteiger partial charge in [-0.15, -0.1) is 11.8 Å². The number of nitrogens with one attached hydrogen (secondary N) is 1. The molecule has 24 heavy (non-hydrogen) atoms. The average Bonchev–Trinajstić information content (AvgIpc) is 2.60. The second-order valence-corrected chi connectivity index (χ2v) is 6.53. The largest absolute Gasteiger partial charge is 0.325 e. The molecule has 0 fully saturated rings. The van der Waals surface area contributed by atoms with Crippen molar-refractivity contribution < 1.29 is 9.72 Å². The highest BCUT2D eigenvalue weighted by atomic mass is 32.2. The topological polar surface area (TPSA) is 72.2 Å². The first kappa shape index (κ1) is 18.0. The van der Waals surface area contributed by atoms with E-state index in [-0.39, 0.29) is 17.3 Å². The number of hydrogen-bond acceptors (Lipinski definition) is 4. The van der Waals surface area contributed by atoms with Gasteiger partial charge in [0, 0.05) is 22.7 Å². The molecule has 0 radical (unpaired) electrons. The zero-order valence-electron chi connectivity index (χ0n) is 13.7. The minimum atomic E-state index is -0.438. The molecular formula is C18H20N2O3S. The molecule has 0 bridgehead atoms. The molecule has 0 saturated carbocycles. The van der Waals surface area contributed by atoms with Crippen LogP contribution in [0.4, 0.5) is 11.4 Å². The summed E-state index contributed by atoms with van der Waals surface area (Å²) in [5, 5.41) is 13.6. The molecule has 0 heterocycles. The Hall–Kier alpha value is -2.34. The van der Waals surface area contributed by atoms with Gasteiger partial charge in [0.2, 0.25) is 5.91 Å². The molecule has 0 aliphatic carbocycles. The van der Waals surface area contributed by atoms with Gasteiger partial charge in [-0.1, -0.05) is 32.0 Å². The van der Waals surface area contributed by atoms with E-state index in [2.05, 4.69) is 19.2 Å². The Labute approximate surface area is 145 Å². The molecule has 1 N–H and O–H groups in total. The Morgan fingerprint density at radius 3 is 2.50 bits per heavy atom. The third kappa shape index (κ3) is 4.83. The summed E-state index contributed by atoms with van der Waals surface area (Å²) in [6, 6.07) is 14.0. The van der Waals surface area contributed by atoms with E-state index in [0.717, 1.165) is 22.6 Å². The van der Waals surface area contributed by atoms with Crippen LogP contribution in [0.5, 0.6) is 0 Å². The van der Waals surface area contributed by atoms with E-state index in [1.807, 2.05) is 24.3 Å². The van der Waals surface area contributed by atoms with Crippen molar-refractivity contribution in [1.82, 2.24) is 0 Å². The molecule has 0 spiro atoms. The van der Waals surface area contributed by atoms with Crippen LogP contribution in [0.25, 0.3) is 0 Å². The monoisotopic (exact) mass is 344 g/mol. The molecule has 6 heteroatoms. The van der Waals surface area contributed by atoms with Crippen molar-refractivity contribution in [1.29, 1.82) is 0 Å². The molecule has 0 aliphatic heterocycles. The first-order valence-corrected chi connectivity index (χ1v) is 8.75. The molecule has 0 aromatic heterocycles. The lowest BCUT2D eigenvalue weighted by Gasteiger charge is -2.15. The van der Waals surface area contributed by atoms with Crippen LogP contribution >= 0.6 is 11.8 Å². The molecule has 2 aromatic rings. The predicted molar refractivity (Wildman–Crippen MR) is 97.6 cm³/mol. The smallest absolute Gasteiger partial charge is 0.269 e. The van der Waals surface area contributed by atoms with Gasteiger partial charge in [-0.05, 0) is 36.1 Å². The minimum absolute atomic E-state index is 0.0475. The maximum atomic E-state index is 12.2. The van der Waals surface area contributed by atoms with Crippen molar-refractivity contribution in [2.75, 3.05) is 11.1 Å². The number of para-hydroxylation sites is 1. The molecule has 126 valence electrons. The fourth-order valence-electron chi connectivity index (χ4n) is 2.26. The number of anilines is 1. The second kappa shape index (κ2) is 8.49. The van der Waals surface area contributed by atoms with Crippen molar-refractivity contribution in [3.05, 3.63) is 64.2 Å². The SMILES string of the molecule is CC[C@H](C)c1ccccc1NC(=O)CSc1ccc([N+](=O)[O-])cc1. The summed E-state index contributed by atoms with van der Waals surface area (Å²) in [4.78, 5) is 23.2. The Balaban J connectivity index is 1.95. The molecule has 1 amide bonds. The van der Waals surface area contributed by atoms with E-state index >= 15 is 0 Å². The van der Waals surface area contributed by atoms with Gasteiger partial charge in [-0.2, -0.15) is 0 Å². The van der Waals surface area contributed by atoms with Crippen molar-refractivity contribution >= 4 is 29.0 Å². The lowest BCUT2D eigenvalue weighted by atomic mass is 9.97. The van der Waals surface area contributed by atoms with Gasteiger partial charge in [0.25, 0.3) is 5.69 Å². The zero-order valence-corrected chi connectivity index (χ0v) is 14.5. The summed E-state index contributed by atoms with van der Waals surface area (Å²) in [6.45, 7) is 4.25. The van der Waals surface area contributed by atoms with Gasteiger partial charge in [0.05, 0.1) is 10.7 Å². The van der Waals surface area contributed by atoms with E-state index in [0.29, 0.717) is 5.92 Å². The van der Waals surface area contributed by atoms with Crippen LogP contribution in [0.1, 0.15) is 31.7 Å². The quantitative estimate of drug-likeness (QED) is 0.443. The lowest BCUT2D eigenvalue weighted by molar-refractivity contribution is -0.384. The molecule has 0 aliphatic rings. The maximum Gasteiger partial charge on any atom is 0.269 e. The van der Waals surface area contributed by atoms with E-state index in [4.69, 9.17) is 0 Å². The normalized spacial score (nSPS) is 11.8. The van der Waals surface area contributed by atoms with E-state index in [9.17, 15) is 14.9 Å². The van der Waals surface area contributed by atoms with Gasteiger partial charge in [0.1, 0.15) is 0 Å². The number of thioether (sulfide) groups is 1. The summed E-state index contributed by atoms with van der Waals surface area (Å²) in [5.41, 5.74) is 2.03. The summed E-state index contributed by atoms with van der Waals surface area (Å²) in [5.74, 6) is 0.546. The Morgan fingerprint density at radius 2 is 1.88 bits per heavy atom. The lowest BCUT2D eigenvalue weighted by Crippen LogP contribution is -2.15. The number of carbonyl (C=O) groups excluding carboxylic acids is 1. The second-order valence-electron chi connectivity index (χ2n) is 5.48. The number of benzene rings is 2. The highest BCUT2D eigenvalue weighted by Gasteiger charge is 2.11. The van der Waals surface area contributed by atoms with Gasteiger partial charge >= 0.3 is 0 Å². The highest BCUT2D eigenvalue weighted by molar-refractivity contribution is 8.00. The molecule has 5 nitrogen and oxygen atoms in total. The number of hydrogen-bond donors (Lipinski definition) is 1. The van der Waals surface area contributed by atoms with Crippen LogP contribution in [-0.4, -0.2) is 16.6 Å². The molecule has 0 unspecified atom stereocenters. The fraction of sp³-hybridized carbons (Fsp3) is 0.278. The summed E-state index contributed by atoms with van der Waals surface area (Å²) in [6.07, 6.45) is 1.00. The number of nitro benzene ring substituents is 1. The van der Waals surface area contributed by atoms with Crippen LogP contribution in [-0.2, 0) is 4.79 Å². The van der Waals surface area contributed by atoms with Crippen LogP contribution in [0.15, 0.2) is 53.4 Å². The van der Waals surface area contributed by atoms with Gasteiger partial charge < -0.3 is 5.32 Å². The van der Waals surface area contributed by atoms with Gasteiger partial charge in [0.15, 0.2) is 0 Å². The first-order chi connectivity index (χ1) is 11.5. The van der Waals surface area contributed by atoms with E-state index in [1.165, 1.54) is 23.9 Å². The van der Waals surface area contributed by atoms with Crippen LogP contribution in [0.3, 0.4) is 0 Å². The average molecular weight is 344 g/mol. The van der Waals surface area contributed by atoms with Crippen molar-refractivity contribution in [2.45, 2.75) is 31.1 Å². The molecule has 2 aromatic carbocycles. The highest BCUT2D eigenvalue weighted by Crippen LogP contribution is 2.27. The number of nitro groups is 1. The van der Waals surface area contributed by atoms with E-state index < -0.39 is 4.92 Å². The Bertz CT molecular complexity index is 716. The number of rotatable bonds is 7. The van der Waals surface area contributed by atoms with Crippen LogP contribution in [0.2, 0.25) is 0 Å². The van der Waals surface area contributed by atoms with Crippen molar-refractivity contribution in [2.24, 2.45) is 0 Å². The maximum absolute atomic E-state index is 12.2. The van der Waals surface area contributed by atoms with Crippen molar-refractivity contribution in [3.8, 4) is 0 Å². The van der Waals surface area contributed by atoms with Gasteiger partial charge in [-0.3, -0.25) is 14.9 Å². The summed E-state index contributed by atoms with van der Waals surface area (Å²) in [7, 11) is 0. The minimum Gasteiger partial charge on any atom is -0.325 e. The molecule has 1 atom stereocenters.